The van der Waals surface area contributed by atoms with Crippen molar-refractivity contribution in [3.05, 3.63) is 0 Å². The first-order chi connectivity index (χ1) is 12.1. The summed E-state index contributed by atoms with van der Waals surface area (Å²) in [4.78, 5) is 0. The van der Waals surface area contributed by atoms with E-state index in [-0.39, 0.29) is 26.2 Å². The van der Waals surface area contributed by atoms with Crippen LogP contribution < -0.4 is 0 Å². The first-order valence-electron chi connectivity index (χ1n) is 11.9. The van der Waals surface area contributed by atoms with E-state index in [0.717, 1.165) is 17.8 Å². The topological polar surface area (TPSA) is 0 Å². The largest absolute Gasteiger partial charge is 0 e. The van der Waals surface area contributed by atoms with Crippen LogP contribution in [0, 0.1) is 17.8 Å². The minimum Gasteiger partial charge on any atom is 0 e. The molecule has 0 aliphatic rings. The Morgan fingerprint density at radius 3 is 0.962 bits per heavy atom. The summed E-state index contributed by atoms with van der Waals surface area (Å²) in [6.45, 7) is 14.5. The molecule has 3 atom stereocenters. The number of unbranched alkanes of at least 4 members (excludes halogenated alkanes) is 3. The molecule has 2 heteroatoms. The Labute approximate surface area is 195 Å². The first kappa shape index (κ1) is 30.0. The zero-order valence-corrected chi connectivity index (χ0v) is 26.2. The molecule has 26 heavy (non-hydrogen) atoms. The van der Waals surface area contributed by atoms with Crippen LogP contribution in [0.25, 0.3) is 0 Å². The fourth-order valence-electron chi connectivity index (χ4n) is 4.07. The van der Waals surface area contributed by atoms with Gasteiger partial charge >= 0.3 is 170 Å². The normalized spacial score (nSPS) is 14.9. The minimum atomic E-state index is -1.33. The van der Waals surface area contributed by atoms with Gasteiger partial charge in [-0.1, -0.05) is 0 Å². The van der Waals surface area contributed by atoms with Crippen LogP contribution in [0.2, 0.25) is 12.4 Å². The summed E-state index contributed by atoms with van der Waals surface area (Å²) in [6.07, 6.45) is 17.5. The Balaban J connectivity index is 0. The fourth-order valence-corrected chi connectivity index (χ4v) is 19.5. The van der Waals surface area contributed by atoms with Crippen LogP contribution in [0.15, 0.2) is 0 Å². The van der Waals surface area contributed by atoms with E-state index in [4.69, 9.17) is 0 Å². The maximum atomic E-state index is 2.46. The molecule has 157 valence electrons. The smallest absolute Gasteiger partial charge is 0 e. The zero-order chi connectivity index (χ0) is 18.9. The molecular weight excluding hydrogens is 706 g/mol. The van der Waals surface area contributed by atoms with Gasteiger partial charge in [0.25, 0.3) is 0 Å². The Bertz CT molecular complexity index is 224. The fraction of sp³-hybridized carbons (Fsp3) is 1.00. The molecule has 0 heterocycles. The summed E-state index contributed by atoms with van der Waals surface area (Å²) in [6, 6.07) is 0. The summed E-state index contributed by atoms with van der Waals surface area (Å²) in [5.41, 5.74) is 0. The van der Waals surface area contributed by atoms with Crippen LogP contribution in [-0.2, 0) is 0 Å². The maximum absolute atomic E-state index is 2.46. The Morgan fingerprint density at radius 1 is 0.500 bits per heavy atom. The maximum Gasteiger partial charge on any atom is 0 e. The molecule has 0 aliphatic carbocycles. The molecule has 0 aromatic carbocycles. The summed E-state index contributed by atoms with van der Waals surface area (Å²) in [5.74, 6) is 3.22. The van der Waals surface area contributed by atoms with E-state index in [2.05, 4.69) is 41.5 Å². The molecule has 0 saturated heterocycles. The van der Waals surface area contributed by atoms with Gasteiger partial charge in [-0.2, -0.15) is 0 Å². The summed E-state index contributed by atoms with van der Waals surface area (Å²) in [5, 5.41) is 0. The molecule has 0 bridgehead atoms. The second kappa shape index (κ2) is 21.5. The third-order valence-corrected chi connectivity index (χ3v) is 18.2. The molecule has 0 spiro atoms. The molecule has 0 N–H and O–H groups in total. The van der Waals surface area contributed by atoms with Gasteiger partial charge in [0, 0.05) is 26.2 Å². The van der Waals surface area contributed by atoms with Gasteiger partial charge in [0.15, 0.2) is 0 Å². The van der Waals surface area contributed by atoms with Crippen molar-refractivity contribution in [2.24, 2.45) is 17.8 Å². The van der Waals surface area contributed by atoms with E-state index in [1.165, 1.54) is 77.0 Å². The molecule has 0 aromatic heterocycles. The van der Waals surface area contributed by atoms with Crippen LogP contribution in [0.5, 0.6) is 0 Å². The van der Waals surface area contributed by atoms with Gasteiger partial charge in [0.1, 0.15) is 0 Å². The Morgan fingerprint density at radius 2 is 0.769 bits per heavy atom. The number of rotatable bonds is 18. The molecule has 3 radical (unpaired) electrons. The van der Waals surface area contributed by atoms with Crippen LogP contribution in [0.1, 0.15) is 119 Å². The van der Waals surface area contributed by atoms with Gasteiger partial charge in [0.05, 0.1) is 0 Å². The molecule has 3 unspecified atom stereocenters. The predicted molar refractivity (Wildman–Crippen MR) is 126 cm³/mol. The first-order valence-corrected chi connectivity index (χ1v) is 19.2. The van der Waals surface area contributed by atoms with Crippen molar-refractivity contribution < 1.29 is 0 Å². The molecular formula is C24H51Bi2. The summed E-state index contributed by atoms with van der Waals surface area (Å²) >= 11 is -1.33. The minimum absolute atomic E-state index is 0. The van der Waals surface area contributed by atoms with Crippen molar-refractivity contribution in [3.63, 3.8) is 0 Å². The van der Waals surface area contributed by atoms with Gasteiger partial charge < -0.3 is 0 Å². The van der Waals surface area contributed by atoms with Crippen molar-refractivity contribution in [2.75, 3.05) is 0 Å². The molecule has 0 aliphatic heterocycles. The van der Waals surface area contributed by atoms with Crippen molar-refractivity contribution >= 4 is 48.0 Å². The average molecular weight is 758 g/mol. The predicted octanol–water partition coefficient (Wildman–Crippen LogP) is 8.75. The molecule has 0 saturated carbocycles. The van der Waals surface area contributed by atoms with E-state index >= 15 is 0 Å². The molecule has 0 amide bonds. The SMILES string of the molecule is CCCCC(CC)[CH2][Bi]([CH2]C(CC)CCCC)[CH2]C(CC)CCCC.[Bi]. The third-order valence-electron chi connectivity index (χ3n) is 6.18. The Kier molecular flexibility index (Phi) is 24.7. The summed E-state index contributed by atoms with van der Waals surface area (Å²) < 4.78 is 5.16. The van der Waals surface area contributed by atoms with Crippen molar-refractivity contribution in [2.45, 2.75) is 131 Å². The van der Waals surface area contributed by atoms with Crippen molar-refractivity contribution in [1.82, 2.24) is 0 Å². The van der Waals surface area contributed by atoms with Crippen molar-refractivity contribution in [1.29, 1.82) is 0 Å². The van der Waals surface area contributed by atoms with Crippen LogP contribution >= 0.6 is 0 Å². The Hall–Kier alpha value is 1.77. The van der Waals surface area contributed by atoms with E-state index in [9.17, 15) is 0 Å². The zero-order valence-electron chi connectivity index (χ0n) is 19.2. The summed E-state index contributed by atoms with van der Waals surface area (Å²) in [7, 11) is 0. The van der Waals surface area contributed by atoms with E-state index in [0.29, 0.717) is 0 Å². The number of hydrogen-bond donors (Lipinski definition) is 0. The molecule has 0 nitrogen and oxygen atoms in total. The second-order valence-corrected chi connectivity index (χ2v) is 17.9. The van der Waals surface area contributed by atoms with E-state index in [1.807, 2.05) is 0 Å². The van der Waals surface area contributed by atoms with Gasteiger partial charge in [-0.05, 0) is 0 Å². The van der Waals surface area contributed by atoms with Gasteiger partial charge in [-0.15, -0.1) is 0 Å². The van der Waals surface area contributed by atoms with Gasteiger partial charge in [-0.3, -0.25) is 0 Å². The van der Waals surface area contributed by atoms with Crippen LogP contribution in [0.3, 0.4) is 0 Å². The second-order valence-electron chi connectivity index (χ2n) is 8.47. The molecule has 0 aromatic rings. The van der Waals surface area contributed by atoms with Crippen LogP contribution in [0.4, 0.5) is 0 Å². The van der Waals surface area contributed by atoms with Crippen molar-refractivity contribution in [3.8, 4) is 0 Å². The standard InChI is InChI=1S/3C8H17.2Bi/c3*1-4-6-7-8(3)5-2;;/h3*8H,3-7H2,1-2H3;;. The van der Waals surface area contributed by atoms with Gasteiger partial charge in [-0.25, -0.2) is 0 Å². The molecule has 0 rings (SSSR count). The quantitative estimate of drug-likeness (QED) is 0.123. The average Bonchev–Trinajstić information content (AvgIpc) is 2.64. The third kappa shape index (κ3) is 15.7. The van der Waals surface area contributed by atoms with E-state index in [1.54, 1.807) is 12.4 Å². The molecule has 0 fully saturated rings. The van der Waals surface area contributed by atoms with E-state index < -0.39 is 21.8 Å². The monoisotopic (exact) mass is 757 g/mol. The van der Waals surface area contributed by atoms with Gasteiger partial charge in [0.2, 0.25) is 0 Å². The number of hydrogen-bond acceptors (Lipinski definition) is 0. The van der Waals surface area contributed by atoms with Crippen LogP contribution in [-0.4, -0.2) is 48.0 Å².